The maximum Gasteiger partial charge on any atom is 0.289 e. The Morgan fingerprint density at radius 2 is 1.97 bits per heavy atom. The first-order chi connectivity index (χ1) is 14.6. The number of hydrogen-bond donors (Lipinski definition) is 0. The first-order valence-electron chi connectivity index (χ1n) is 10.8. The topological polar surface area (TPSA) is 49.6 Å². The summed E-state index contributed by atoms with van der Waals surface area (Å²) in [6, 6.07) is 3.80. The zero-order valence-electron chi connectivity index (χ0n) is 18.9. The predicted molar refractivity (Wildman–Crippen MR) is 127 cm³/mol. The molecular formula is C24H30ClN3O2S. The summed E-state index contributed by atoms with van der Waals surface area (Å²) in [6.07, 6.45) is 0.937. The van der Waals surface area contributed by atoms with Crippen LogP contribution in [-0.4, -0.2) is 46.9 Å². The molecule has 31 heavy (non-hydrogen) atoms. The van der Waals surface area contributed by atoms with Crippen LogP contribution in [0.25, 0.3) is 11.0 Å². The van der Waals surface area contributed by atoms with Crippen molar-refractivity contribution < 1.29 is 9.21 Å². The van der Waals surface area contributed by atoms with Gasteiger partial charge in [0.2, 0.25) is 0 Å². The second-order valence-electron chi connectivity index (χ2n) is 9.47. The highest BCUT2D eigenvalue weighted by molar-refractivity contribution is 7.09. The lowest BCUT2D eigenvalue weighted by molar-refractivity contribution is 0.0730. The standard InChI is InChI=1S/C24H30ClN3O2S/c1-15-11-20-18(12-19(15)25)16(2)21(30-20)22(29)28-8-6-7-27(9-10-28)13-17-14-31-23(26-17)24(3,4)5/h11-12,14H,6-10,13H2,1-5H3. The van der Waals surface area contributed by atoms with Gasteiger partial charge in [0.25, 0.3) is 5.91 Å². The van der Waals surface area contributed by atoms with Crippen molar-refractivity contribution >= 4 is 39.8 Å². The molecule has 0 unspecified atom stereocenters. The Hall–Kier alpha value is -1.89. The van der Waals surface area contributed by atoms with Gasteiger partial charge in [0, 0.05) is 59.5 Å². The van der Waals surface area contributed by atoms with Crippen molar-refractivity contribution in [2.75, 3.05) is 26.2 Å². The Morgan fingerprint density at radius 3 is 2.68 bits per heavy atom. The van der Waals surface area contributed by atoms with E-state index in [2.05, 4.69) is 31.1 Å². The average Bonchev–Trinajstić information content (AvgIpc) is 3.21. The first-order valence-corrected chi connectivity index (χ1v) is 12.0. The van der Waals surface area contributed by atoms with Crippen molar-refractivity contribution in [1.29, 1.82) is 0 Å². The minimum Gasteiger partial charge on any atom is -0.451 e. The lowest BCUT2D eigenvalue weighted by atomic mass is 9.98. The van der Waals surface area contributed by atoms with E-state index < -0.39 is 0 Å². The predicted octanol–water partition coefficient (Wildman–Crippen LogP) is 5.81. The van der Waals surface area contributed by atoms with Crippen molar-refractivity contribution in [3.8, 4) is 0 Å². The molecule has 5 nitrogen and oxygen atoms in total. The number of aromatic nitrogens is 1. The summed E-state index contributed by atoms with van der Waals surface area (Å²) in [4.78, 5) is 22.4. The number of benzene rings is 1. The number of thiazole rings is 1. The largest absolute Gasteiger partial charge is 0.451 e. The van der Waals surface area contributed by atoms with E-state index in [9.17, 15) is 4.79 Å². The summed E-state index contributed by atoms with van der Waals surface area (Å²) in [5, 5.41) is 4.94. The Balaban J connectivity index is 1.45. The smallest absolute Gasteiger partial charge is 0.289 e. The molecule has 1 saturated heterocycles. The van der Waals surface area contributed by atoms with Crippen molar-refractivity contribution in [2.45, 2.75) is 53.0 Å². The molecule has 0 radical (unpaired) electrons. The molecule has 1 aliphatic heterocycles. The summed E-state index contributed by atoms with van der Waals surface area (Å²) >= 11 is 8.02. The summed E-state index contributed by atoms with van der Waals surface area (Å²) < 4.78 is 5.98. The van der Waals surface area contributed by atoms with Gasteiger partial charge < -0.3 is 9.32 Å². The molecule has 3 aromatic rings. The van der Waals surface area contributed by atoms with Crippen LogP contribution < -0.4 is 0 Å². The summed E-state index contributed by atoms with van der Waals surface area (Å²) in [7, 11) is 0. The van der Waals surface area contributed by atoms with Gasteiger partial charge in [-0.1, -0.05) is 32.4 Å². The molecule has 0 N–H and O–H groups in total. The Morgan fingerprint density at radius 1 is 1.19 bits per heavy atom. The minimum atomic E-state index is -0.0343. The molecule has 0 saturated carbocycles. The summed E-state index contributed by atoms with van der Waals surface area (Å²) in [6.45, 7) is 14.5. The quantitative estimate of drug-likeness (QED) is 0.496. The van der Waals surface area contributed by atoms with Crippen LogP contribution >= 0.6 is 22.9 Å². The fourth-order valence-electron chi connectivity index (χ4n) is 3.97. The molecule has 166 valence electrons. The zero-order chi connectivity index (χ0) is 22.3. The van der Waals surface area contributed by atoms with Crippen molar-refractivity contribution in [3.05, 3.63) is 50.1 Å². The van der Waals surface area contributed by atoms with E-state index in [0.717, 1.165) is 60.4 Å². The number of nitrogens with zero attached hydrogens (tertiary/aromatic N) is 3. The SMILES string of the molecule is Cc1cc2oc(C(=O)N3CCCN(Cc4csc(C(C)(C)C)n4)CC3)c(C)c2cc1Cl. The van der Waals surface area contributed by atoms with Crippen molar-refractivity contribution in [2.24, 2.45) is 0 Å². The average molecular weight is 460 g/mol. The molecule has 7 heteroatoms. The third-order valence-corrected chi connectivity index (χ3v) is 7.59. The van der Waals surface area contributed by atoms with Gasteiger partial charge in [0.05, 0.1) is 10.7 Å². The number of hydrogen-bond acceptors (Lipinski definition) is 5. The van der Waals surface area contributed by atoms with Crippen molar-refractivity contribution in [1.82, 2.24) is 14.8 Å². The number of aryl methyl sites for hydroxylation is 2. The molecule has 0 spiro atoms. The molecule has 1 aromatic carbocycles. The van der Waals surface area contributed by atoms with Gasteiger partial charge in [-0.3, -0.25) is 9.69 Å². The highest BCUT2D eigenvalue weighted by Crippen LogP contribution is 2.31. The Labute approximate surface area is 193 Å². The fraction of sp³-hybridized carbons (Fsp3) is 0.500. The summed E-state index contributed by atoms with van der Waals surface area (Å²) in [5.41, 5.74) is 3.73. The Bertz CT molecular complexity index is 1110. The van der Waals surface area contributed by atoms with Gasteiger partial charge in [-0.25, -0.2) is 4.98 Å². The van der Waals surface area contributed by atoms with Crippen LogP contribution in [0.15, 0.2) is 21.9 Å². The zero-order valence-corrected chi connectivity index (χ0v) is 20.5. The molecular weight excluding hydrogens is 430 g/mol. The maximum atomic E-state index is 13.3. The number of amides is 1. The number of carbonyl (C=O) groups excluding carboxylic acids is 1. The number of halogens is 1. The van der Waals surface area contributed by atoms with Gasteiger partial charge in [-0.05, 0) is 38.0 Å². The van der Waals surface area contributed by atoms with E-state index in [-0.39, 0.29) is 11.3 Å². The number of rotatable bonds is 3. The van der Waals surface area contributed by atoms with Crippen LogP contribution in [-0.2, 0) is 12.0 Å². The molecule has 0 aliphatic carbocycles. The second kappa shape index (κ2) is 8.57. The monoisotopic (exact) mass is 459 g/mol. The molecule has 3 heterocycles. The van der Waals surface area contributed by atoms with Crippen LogP contribution in [0.2, 0.25) is 5.02 Å². The second-order valence-corrected chi connectivity index (χ2v) is 10.7. The first kappa shape index (κ1) is 22.3. The molecule has 0 bridgehead atoms. The Kier molecular flexibility index (Phi) is 6.16. The lowest BCUT2D eigenvalue weighted by Gasteiger charge is -2.21. The van der Waals surface area contributed by atoms with E-state index >= 15 is 0 Å². The van der Waals surface area contributed by atoms with Gasteiger partial charge in [0.15, 0.2) is 5.76 Å². The fourth-order valence-corrected chi connectivity index (χ4v) is 5.04. The third-order valence-electron chi connectivity index (χ3n) is 5.87. The van der Waals surface area contributed by atoms with Crippen LogP contribution in [0.1, 0.15) is 59.6 Å². The molecule has 0 atom stereocenters. The van der Waals surface area contributed by atoms with Gasteiger partial charge in [-0.2, -0.15) is 0 Å². The van der Waals surface area contributed by atoms with Crippen LogP contribution in [0.3, 0.4) is 0 Å². The third kappa shape index (κ3) is 4.66. The normalized spacial score (nSPS) is 16.1. The maximum absolute atomic E-state index is 13.3. The van der Waals surface area contributed by atoms with Gasteiger partial charge in [-0.15, -0.1) is 11.3 Å². The highest BCUT2D eigenvalue weighted by Gasteiger charge is 2.26. The van der Waals surface area contributed by atoms with E-state index in [1.165, 1.54) is 5.01 Å². The van der Waals surface area contributed by atoms with E-state index in [0.29, 0.717) is 17.3 Å². The van der Waals surface area contributed by atoms with Gasteiger partial charge >= 0.3 is 0 Å². The number of furan rings is 1. The molecule has 4 rings (SSSR count). The number of carbonyl (C=O) groups is 1. The molecule has 1 aliphatic rings. The van der Waals surface area contributed by atoms with E-state index in [4.69, 9.17) is 21.0 Å². The molecule has 1 amide bonds. The van der Waals surface area contributed by atoms with E-state index in [1.54, 1.807) is 11.3 Å². The van der Waals surface area contributed by atoms with Gasteiger partial charge in [0.1, 0.15) is 5.58 Å². The van der Waals surface area contributed by atoms with E-state index in [1.807, 2.05) is 30.9 Å². The summed E-state index contributed by atoms with van der Waals surface area (Å²) in [5.74, 6) is 0.396. The molecule has 1 fully saturated rings. The van der Waals surface area contributed by atoms with Crippen molar-refractivity contribution in [3.63, 3.8) is 0 Å². The molecule has 2 aromatic heterocycles. The number of fused-ring (bicyclic) bond motifs is 1. The minimum absolute atomic E-state index is 0.0343. The van der Waals surface area contributed by atoms with Crippen LogP contribution in [0.5, 0.6) is 0 Å². The lowest BCUT2D eigenvalue weighted by Crippen LogP contribution is -2.35. The highest BCUT2D eigenvalue weighted by atomic mass is 35.5. The van der Waals surface area contributed by atoms with Crippen LogP contribution in [0.4, 0.5) is 0 Å². The van der Waals surface area contributed by atoms with Crippen LogP contribution in [0, 0.1) is 13.8 Å².